The molecule has 0 saturated heterocycles. The van der Waals surface area contributed by atoms with E-state index in [9.17, 15) is 0 Å². The second-order valence-corrected chi connectivity index (χ2v) is 6.35. The van der Waals surface area contributed by atoms with Crippen LogP contribution in [0.1, 0.15) is 49.9 Å². The normalized spacial score (nSPS) is 17.1. The number of rotatable bonds is 3. The molecule has 1 aliphatic rings. The Morgan fingerprint density at radius 3 is 2.45 bits per heavy atom. The molecule has 108 valence electrons. The Hall–Kier alpha value is -1.32. The first-order chi connectivity index (χ1) is 9.51. The maximum absolute atomic E-state index is 6.27. The van der Waals surface area contributed by atoms with E-state index in [2.05, 4.69) is 55.6 Å². The van der Waals surface area contributed by atoms with Crippen LogP contribution in [0.25, 0.3) is 10.9 Å². The largest absolute Gasteiger partial charge is 0.350 e. The smallest absolute Gasteiger partial charge is 0.0484 e. The molecule has 1 unspecified atom stereocenters. The summed E-state index contributed by atoms with van der Waals surface area (Å²) in [4.78, 5) is 2.52. The van der Waals surface area contributed by atoms with E-state index in [4.69, 9.17) is 5.73 Å². The molecule has 1 aromatic carbocycles. The second kappa shape index (κ2) is 4.90. The number of benzene rings is 1. The fourth-order valence-electron chi connectivity index (χ4n) is 3.22. The highest BCUT2D eigenvalue weighted by Gasteiger charge is 2.23. The van der Waals surface area contributed by atoms with Crippen molar-refractivity contribution in [1.82, 2.24) is 9.47 Å². The Labute approximate surface area is 121 Å². The highest BCUT2D eigenvalue weighted by molar-refractivity contribution is 5.86. The fourth-order valence-corrected chi connectivity index (χ4v) is 3.22. The van der Waals surface area contributed by atoms with Gasteiger partial charge in [-0.25, -0.2) is 0 Å². The van der Waals surface area contributed by atoms with E-state index in [0.29, 0.717) is 6.04 Å². The lowest BCUT2D eigenvalue weighted by molar-refractivity contribution is 0.227. The van der Waals surface area contributed by atoms with E-state index >= 15 is 0 Å². The van der Waals surface area contributed by atoms with Gasteiger partial charge in [-0.3, -0.25) is 4.90 Å². The molecule has 0 saturated carbocycles. The zero-order valence-electron chi connectivity index (χ0n) is 13.0. The minimum Gasteiger partial charge on any atom is -0.350 e. The Morgan fingerprint density at radius 1 is 1.20 bits per heavy atom. The van der Waals surface area contributed by atoms with E-state index < -0.39 is 0 Å². The first-order valence-corrected chi connectivity index (χ1v) is 7.61. The lowest BCUT2D eigenvalue weighted by atomic mass is 10.0. The molecule has 0 aliphatic carbocycles. The van der Waals surface area contributed by atoms with E-state index in [1.54, 1.807) is 0 Å². The summed E-state index contributed by atoms with van der Waals surface area (Å²) in [5.41, 5.74) is 11.8. The maximum atomic E-state index is 6.27. The van der Waals surface area contributed by atoms with Crippen LogP contribution in [0.5, 0.6) is 0 Å². The van der Waals surface area contributed by atoms with Crippen LogP contribution in [0.4, 0.5) is 0 Å². The zero-order valence-corrected chi connectivity index (χ0v) is 13.0. The molecule has 0 spiro atoms. The van der Waals surface area contributed by atoms with Gasteiger partial charge in [0, 0.05) is 49.3 Å². The first-order valence-electron chi connectivity index (χ1n) is 7.61. The molecular weight excluding hydrogens is 246 g/mol. The van der Waals surface area contributed by atoms with Gasteiger partial charge < -0.3 is 10.3 Å². The van der Waals surface area contributed by atoms with Gasteiger partial charge in [-0.15, -0.1) is 0 Å². The Morgan fingerprint density at radius 2 is 1.85 bits per heavy atom. The van der Waals surface area contributed by atoms with Crippen LogP contribution in [0.15, 0.2) is 18.3 Å². The average molecular weight is 271 g/mol. The predicted octanol–water partition coefficient (Wildman–Crippen LogP) is 3.31. The molecule has 3 heteroatoms. The summed E-state index contributed by atoms with van der Waals surface area (Å²) in [6.45, 7) is 8.83. The van der Waals surface area contributed by atoms with Crippen molar-refractivity contribution in [1.29, 1.82) is 0 Å². The monoisotopic (exact) mass is 271 g/mol. The molecule has 0 bridgehead atoms. The summed E-state index contributed by atoms with van der Waals surface area (Å²) in [7, 11) is 2.12. The molecule has 0 fully saturated rings. The second-order valence-electron chi connectivity index (χ2n) is 6.35. The van der Waals surface area contributed by atoms with Crippen molar-refractivity contribution in [3.63, 3.8) is 0 Å². The first kappa shape index (κ1) is 13.7. The van der Waals surface area contributed by atoms with Crippen molar-refractivity contribution in [2.45, 2.75) is 52.4 Å². The molecule has 1 aliphatic heterocycles. The number of aromatic nitrogens is 1. The molecule has 3 rings (SSSR count). The van der Waals surface area contributed by atoms with Crippen molar-refractivity contribution in [2.75, 3.05) is 0 Å². The van der Waals surface area contributed by atoms with Crippen LogP contribution < -0.4 is 5.73 Å². The average Bonchev–Trinajstić information content (AvgIpc) is 2.97. The number of hydrogen-bond acceptors (Lipinski definition) is 2. The van der Waals surface area contributed by atoms with Crippen molar-refractivity contribution < 1.29 is 0 Å². The van der Waals surface area contributed by atoms with Crippen molar-refractivity contribution in [2.24, 2.45) is 12.8 Å². The zero-order chi connectivity index (χ0) is 14.4. The lowest BCUT2D eigenvalue weighted by Crippen LogP contribution is -2.24. The van der Waals surface area contributed by atoms with Crippen LogP contribution in [0, 0.1) is 0 Å². The van der Waals surface area contributed by atoms with Gasteiger partial charge in [-0.05, 0) is 49.1 Å². The fraction of sp³-hybridized carbons (Fsp3) is 0.529. The summed E-state index contributed by atoms with van der Waals surface area (Å²) in [5.74, 6) is 0. The molecule has 2 N–H and O–H groups in total. The number of nitrogens with two attached hydrogens (primary N) is 1. The van der Waals surface area contributed by atoms with Gasteiger partial charge in [0.1, 0.15) is 0 Å². The summed E-state index contributed by atoms with van der Waals surface area (Å²) >= 11 is 0. The highest BCUT2D eigenvalue weighted by atomic mass is 15.2. The summed E-state index contributed by atoms with van der Waals surface area (Å²) in [5, 5.41) is 1.34. The molecule has 1 aromatic heterocycles. The molecular formula is C17H25N3. The SMILES string of the molecule is CCC(N)c1cn(C)c2cc3c(cc12)CN(C(C)C)C3. The Balaban J connectivity index is 2.10. The van der Waals surface area contributed by atoms with E-state index in [0.717, 1.165) is 19.5 Å². The van der Waals surface area contributed by atoms with E-state index in [1.165, 1.54) is 27.6 Å². The lowest BCUT2D eigenvalue weighted by Gasteiger charge is -2.18. The minimum absolute atomic E-state index is 0.138. The van der Waals surface area contributed by atoms with E-state index in [1.807, 2.05) is 0 Å². The number of nitrogens with zero attached hydrogens (tertiary/aromatic N) is 2. The summed E-state index contributed by atoms with van der Waals surface area (Å²) in [6, 6.07) is 5.47. The third kappa shape index (κ3) is 2.05. The predicted molar refractivity (Wildman–Crippen MR) is 84.5 cm³/mol. The van der Waals surface area contributed by atoms with Gasteiger partial charge in [0.25, 0.3) is 0 Å². The van der Waals surface area contributed by atoms with Crippen molar-refractivity contribution in [3.05, 3.63) is 35.0 Å². The van der Waals surface area contributed by atoms with Crippen LogP contribution in [0.2, 0.25) is 0 Å². The topological polar surface area (TPSA) is 34.2 Å². The maximum Gasteiger partial charge on any atom is 0.0484 e. The van der Waals surface area contributed by atoms with Gasteiger partial charge in [0.05, 0.1) is 0 Å². The van der Waals surface area contributed by atoms with Crippen molar-refractivity contribution in [3.8, 4) is 0 Å². The number of aryl methyl sites for hydroxylation is 1. The molecule has 1 atom stereocenters. The number of fused-ring (bicyclic) bond motifs is 2. The third-order valence-electron chi connectivity index (χ3n) is 4.66. The summed E-state index contributed by atoms with van der Waals surface area (Å²) < 4.78 is 2.22. The van der Waals surface area contributed by atoms with E-state index in [-0.39, 0.29) is 6.04 Å². The molecule has 2 heterocycles. The molecule has 2 aromatic rings. The van der Waals surface area contributed by atoms with Gasteiger partial charge >= 0.3 is 0 Å². The van der Waals surface area contributed by atoms with Crippen LogP contribution in [-0.2, 0) is 20.1 Å². The molecule has 0 radical (unpaired) electrons. The standard InChI is InChI=1S/C17H25N3/c1-5-16(18)15-10-19(4)17-7-13-9-20(11(2)3)8-12(13)6-14(15)17/h6-7,10-11,16H,5,8-9,18H2,1-4H3. The number of hydrogen-bond donors (Lipinski definition) is 1. The molecule has 0 amide bonds. The molecule has 3 nitrogen and oxygen atoms in total. The minimum atomic E-state index is 0.138. The van der Waals surface area contributed by atoms with Gasteiger partial charge in [-0.1, -0.05) is 6.92 Å². The van der Waals surface area contributed by atoms with Crippen LogP contribution in [-0.4, -0.2) is 15.5 Å². The molecule has 20 heavy (non-hydrogen) atoms. The van der Waals surface area contributed by atoms with Crippen LogP contribution >= 0.6 is 0 Å². The van der Waals surface area contributed by atoms with Gasteiger partial charge in [-0.2, -0.15) is 0 Å². The van der Waals surface area contributed by atoms with Crippen LogP contribution in [0.3, 0.4) is 0 Å². The quantitative estimate of drug-likeness (QED) is 0.929. The van der Waals surface area contributed by atoms with Gasteiger partial charge in [0.15, 0.2) is 0 Å². The third-order valence-corrected chi connectivity index (χ3v) is 4.66. The Kier molecular flexibility index (Phi) is 3.35. The van der Waals surface area contributed by atoms with Crippen molar-refractivity contribution >= 4 is 10.9 Å². The Bertz CT molecular complexity index is 639. The highest BCUT2D eigenvalue weighted by Crippen LogP contribution is 2.33. The summed E-state index contributed by atoms with van der Waals surface area (Å²) in [6.07, 6.45) is 3.18. The van der Waals surface area contributed by atoms with Gasteiger partial charge in [0.2, 0.25) is 0 Å².